The number of fused-ring (bicyclic) bond motifs is 1. The van der Waals surface area contributed by atoms with Crippen LogP contribution in [0.25, 0.3) is 10.9 Å². The second-order valence-electron chi connectivity index (χ2n) is 6.20. The zero-order valence-corrected chi connectivity index (χ0v) is 12.5. The number of carbonyl (C=O) groups is 1. The lowest BCUT2D eigenvalue weighted by molar-refractivity contribution is 0.0923. The molecule has 1 aliphatic rings. The fourth-order valence-corrected chi connectivity index (χ4v) is 3.29. The smallest absolute Gasteiger partial charge is 0.253 e. The summed E-state index contributed by atoms with van der Waals surface area (Å²) in [6.45, 7) is 2.24. The second kappa shape index (κ2) is 5.80. The van der Waals surface area contributed by atoms with E-state index in [1.54, 1.807) is 6.20 Å². The molecule has 1 amide bonds. The van der Waals surface area contributed by atoms with Gasteiger partial charge in [-0.05, 0) is 37.0 Å². The molecule has 1 aromatic carbocycles. The molecule has 112 valence electrons. The molecule has 2 aromatic rings. The molecule has 0 spiro atoms. The van der Waals surface area contributed by atoms with Crippen molar-refractivity contribution in [2.45, 2.75) is 45.1 Å². The van der Waals surface area contributed by atoms with E-state index in [-0.39, 0.29) is 5.91 Å². The van der Waals surface area contributed by atoms with Gasteiger partial charge in [-0.1, -0.05) is 26.2 Å². The molecule has 2 unspecified atom stereocenters. The van der Waals surface area contributed by atoms with Crippen LogP contribution in [-0.2, 0) is 0 Å². The summed E-state index contributed by atoms with van der Waals surface area (Å²) in [4.78, 5) is 15.7. The number of benzene rings is 1. The maximum Gasteiger partial charge on any atom is 0.253 e. The Bertz CT molecular complexity index is 647. The summed E-state index contributed by atoms with van der Waals surface area (Å²) in [5.74, 6) is 0.571. The molecule has 1 aromatic heterocycles. The second-order valence-corrected chi connectivity index (χ2v) is 6.20. The van der Waals surface area contributed by atoms with Crippen molar-refractivity contribution in [3.05, 3.63) is 30.0 Å². The van der Waals surface area contributed by atoms with Gasteiger partial charge in [0.15, 0.2) is 0 Å². The molecular weight excluding hydrogens is 262 g/mol. The van der Waals surface area contributed by atoms with Gasteiger partial charge in [0.25, 0.3) is 5.91 Å². The van der Waals surface area contributed by atoms with Gasteiger partial charge in [-0.25, -0.2) is 0 Å². The zero-order valence-electron chi connectivity index (χ0n) is 12.5. The highest BCUT2D eigenvalue weighted by Gasteiger charge is 2.23. The number of nitrogen functional groups attached to an aromatic ring is 1. The highest BCUT2D eigenvalue weighted by Crippen LogP contribution is 2.25. The third-order valence-corrected chi connectivity index (χ3v) is 4.63. The monoisotopic (exact) mass is 285 g/mol. The van der Waals surface area contributed by atoms with E-state index in [0.717, 1.165) is 17.3 Å². The van der Waals surface area contributed by atoms with Gasteiger partial charge in [0, 0.05) is 28.8 Å². The molecule has 0 saturated heterocycles. The zero-order chi connectivity index (χ0) is 14.8. The van der Waals surface area contributed by atoms with Crippen molar-refractivity contribution in [3.8, 4) is 0 Å². The predicted octanol–water partition coefficient (Wildman–Crippen LogP) is 3.45. The number of aromatic amines is 1. The van der Waals surface area contributed by atoms with Gasteiger partial charge in [0.2, 0.25) is 0 Å². The number of hydrogen-bond acceptors (Lipinski definition) is 2. The maximum atomic E-state index is 12.6. The van der Waals surface area contributed by atoms with Crippen LogP contribution in [0.2, 0.25) is 0 Å². The predicted molar refractivity (Wildman–Crippen MR) is 86.2 cm³/mol. The molecule has 0 aliphatic heterocycles. The van der Waals surface area contributed by atoms with Gasteiger partial charge < -0.3 is 16.0 Å². The molecule has 1 aliphatic carbocycles. The standard InChI is InChI=1S/C17H23N3O/c1-11-5-3-2-4-6-15(11)20-17(21)14-10-19-16-9-12(18)7-8-13(14)16/h7-11,15,19H,2-6,18H2,1H3,(H,20,21). The minimum absolute atomic E-state index is 0.0183. The number of H-pyrrole nitrogens is 1. The van der Waals surface area contributed by atoms with Crippen molar-refractivity contribution in [2.75, 3.05) is 5.73 Å². The molecule has 21 heavy (non-hydrogen) atoms. The lowest BCUT2D eigenvalue weighted by atomic mass is 9.96. The van der Waals surface area contributed by atoms with E-state index >= 15 is 0 Å². The van der Waals surface area contributed by atoms with Crippen molar-refractivity contribution in [3.63, 3.8) is 0 Å². The number of carbonyl (C=O) groups excluding carboxylic acids is 1. The van der Waals surface area contributed by atoms with Crippen molar-refractivity contribution >= 4 is 22.5 Å². The van der Waals surface area contributed by atoms with E-state index in [0.29, 0.717) is 23.2 Å². The number of aromatic nitrogens is 1. The van der Waals surface area contributed by atoms with E-state index < -0.39 is 0 Å². The summed E-state index contributed by atoms with van der Waals surface area (Å²) < 4.78 is 0. The van der Waals surface area contributed by atoms with Crippen molar-refractivity contribution in [2.24, 2.45) is 5.92 Å². The van der Waals surface area contributed by atoms with E-state index in [1.807, 2.05) is 18.2 Å². The molecule has 4 N–H and O–H groups in total. The summed E-state index contributed by atoms with van der Waals surface area (Å²) in [5.41, 5.74) is 8.10. The van der Waals surface area contributed by atoms with E-state index in [9.17, 15) is 4.79 Å². The number of rotatable bonds is 2. The Morgan fingerprint density at radius 1 is 1.29 bits per heavy atom. The van der Waals surface area contributed by atoms with Gasteiger partial charge in [0.1, 0.15) is 0 Å². The Morgan fingerprint density at radius 3 is 2.95 bits per heavy atom. The van der Waals surface area contributed by atoms with Gasteiger partial charge in [0.05, 0.1) is 5.56 Å². The Balaban J connectivity index is 1.80. The third kappa shape index (κ3) is 2.89. The summed E-state index contributed by atoms with van der Waals surface area (Å²) >= 11 is 0. The maximum absolute atomic E-state index is 12.6. The minimum atomic E-state index is 0.0183. The molecule has 1 heterocycles. The van der Waals surface area contributed by atoms with Gasteiger partial charge >= 0.3 is 0 Å². The largest absolute Gasteiger partial charge is 0.399 e. The van der Waals surface area contributed by atoms with Gasteiger partial charge in [-0.3, -0.25) is 4.79 Å². The number of hydrogen-bond donors (Lipinski definition) is 3. The lowest BCUT2D eigenvalue weighted by Crippen LogP contribution is -2.38. The van der Waals surface area contributed by atoms with Crippen LogP contribution in [0.1, 0.15) is 49.4 Å². The summed E-state index contributed by atoms with van der Waals surface area (Å²) in [6, 6.07) is 5.90. The number of amides is 1. The molecule has 0 bridgehead atoms. The van der Waals surface area contributed by atoms with Crippen LogP contribution in [0, 0.1) is 5.92 Å². The number of nitrogens with two attached hydrogens (primary N) is 1. The molecule has 3 rings (SSSR count). The van der Waals surface area contributed by atoms with Crippen molar-refractivity contribution in [1.29, 1.82) is 0 Å². The van der Waals surface area contributed by atoms with Crippen LogP contribution in [0.5, 0.6) is 0 Å². The SMILES string of the molecule is CC1CCCCCC1NC(=O)c1c[nH]c2cc(N)ccc12. The van der Waals surface area contributed by atoms with Crippen LogP contribution < -0.4 is 11.1 Å². The molecule has 2 atom stereocenters. The Morgan fingerprint density at radius 2 is 2.10 bits per heavy atom. The first-order valence-corrected chi connectivity index (χ1v) is 7.82. The number of nitrogens with one attached hydrogen (secondary N) is 2. The fraction of sp³-hybridized carbons (Fsp3) is 0.471. The van der Waals surface area contributed by atoms with E-state index in [2.05, 4.69) is 17.2 Å². The van der Waals surface area contributed by atoms with E-state index in [4.69, 9.17) is 5.73 Å². The quantitative estimate of drug-likeness (QED) is 0.584. The minimum Gasteiger partial charge on any atom is -0.399 e. The van der Waals surface area contributed by atoms with Crippen molar-refractivity contribution in [1.82, 2.24) is 10.3 Å². The Labute approximate surface area is 125 Å². The van der Waals surface area contributed by atoms with Crippen molar-refractivity contribution < 1.29 is 4.79 Å². The first kappa shape index (κ1) is 14.0. The molecular formula is C17H23N3O. The molecule has 4 heteroatoms. The van der Waals surface area contributed by atoms with Gasteiger partial charge in [-0.2, -0.15) is 0 Å². The topological polar surface area (TPSA) is 70.9 Å². The average molecular weight is 285 g/mol. The fourth-order valence-electron chi connectivity index (χ4n) is 3.29. The van der Waals surface area contributed by atoms with Gasteiger partial charge in [-0.15, -0.1) is 0 Å². The summed E-state index contributed by atoms with van der Waals surface area (Å²) in [7, 11) is 0. The number of anilines is 1. The normalized spacial score (nSPS) is 22.9. The highest BCUT2D eigenvalue weighted by molar-refractivity contribution is 6.07. The summed E-state index contributed by atoms with van der Waals surface area (Å²) in [5, 5.41) is 4.16. The summed E-state index contributed by atoms with van der Waals surface area (Å²) in [6.07, 6.45) is 7.83. The Kier molecular flexibility index (Phi) is 3.86. The first-order valence-electron chi connectivity index (χ1n) is 7.82. The van der Waals surface area contributed by atoms with Crippen LogP contribution in [-0.4, -0.2) is 16.9 Å². The average Bonchev–Trinajstić information content (AvgIpc) is 2.77. The molecule has 1 fully saturated rings. The third-order valence-electron chi connectivity index (χ3n) is 4.63. The van der Waals surface area contributed by atoms with Crippen LogP contribution in [0.3, 0.4) is 0 Å². The molecule has 1 saturated carbocycles. The lowest BCUT2D eigenvalue weighted by Gasteiger charge is -2.22. The molecule has 4 nitrogen and oxygen atoms in total. The molecule has 0 radical (unpaired) electrons. The van der Waals surface area contributed by atoms with E-state index in [1.165, 1.54) is 25.7 Å². The van der Waals surface area contributed by atoms with Crippen LogP contribution in [0.4, 0.5) is 5.69 Å². The van der Waals surface area contributed by atoms with Crippen LogP contribution >= 0.6 is 0 Å². The first-order chi connectivity index (χ1) is 10.1. The Hall–Kier alpha value is -1.97. The highest BCUT2D eigenvalue weighted by atomic mass is 16.1. The van der Waals surface area contributed by atoms with Crippen LogP contribution in [0.15, 0.2) is 24.4 Å².